The van der Waals surface area contributed by atoms with Gasteiger partial charge in [-0.25, -0.2) is 9.79 Å². The average Bonchev–Trinajstić information content (AvgIpc) is 2.81. The molecule has 20 heavy (non-hydrogen) atoms. The molecule has 0 N–H and O–H groups in total. The first-order valence-corrected chi connectivity index (χ1v) is 6.71. The Labute approximate surface area is 124 Å². The Hall–Kier alpha value is -2.27. The SMILES string of the molecule is O=C1OC(c2ccccc2Br)=N/C1=C\c1cccnc1. The lowest BCUT2D eigenvalue weighted by Crippen LogP contribution is -2.05. The van der Waals surface area contributed by atoms with Crippen molar-refractivity contribution in [2.45, 2.75) is 0 Å². The number of carbonyl (C=O) groups is 1. The zero-order chi connectivity index (χ0) is 13.9. The number of cyclic esters (lactones) is 1. The van der Waals surface area contributed by atoms with Gasteiger partial charge in [-0.05, 0) is 45.8 Å². The maximum absolute atomic E-state index is 11.8. The highest BCUT2D eigenvalue weighted by atomic mass is 79.9. The number of esters is 1. The van der Waals surface area contributed by atoms with Crippen molar-refractivity contribution >= 4 is 33.9 Å². The summed E-state index contributed by atoms with van der Waals surface area (Å²) in [6, 6.07) is 11.1. The molecule has 2 heterocycles. The van der Waals surface area contributed by atoms with Crippen molar-refractivity contribution in [2.24, 2.45) is 4.99 Å². The second kappa shape index (κ2) is 5.38. The number of rotatable bonds is 2. The van der Waals surface area contributed by atoms with Gasteiger partial charge in [0, 0.05) is 16.9 Å². The number of benzene rings is 1. The monoisotopic (exact) mass is 328 g/mol. The third-order valence-electron chi connectivity index (χ3n) is 2.71. The highest BCUT2D eigenvalue weighted by Crippen LogP contribution is 2.23. The van der Waals surface area contributed by atoms with E-state index in [2.05, 4.69) is 25.9 Å². The third-order valence-corrected chi connectivity index (χ3v) is 3.40. The molecule has 0 radical (unpaired) electrons. The van der Waals surface area contributed by atoms with E-state index in [9.17, 15) is 4.79 Å². The lowest BCUT2D eigenvalue weighted by molar-refractivity contribution is -0.129. The van der Waals surface area contributed by atoms with E-state index >= 15 is 0 Å². The van der Waals surface area contributed by atoms with Crippen LogP contribution in [0.25, 0.3) is 6.08 Å². The second-order valence-corrected chi connectivity index (χ2v) is 4.96. The fourth-order valence-corrected chi connectivity index (χ4v) is 2.23. The van der Waals surface area contributed by atoms with Crippen LogP contribution in [0.5, 0.6) is 0 Å². The van der Waals surface area contributed by atoms with Gasteiger partial charge >= 0.3 is 5.97 Å². The predicted octanol–water partition coefficient (Wildman–Crippen LogP) is 3.19. The topological polar surface area (TPSA) is 51.5 Å². The quantitative estimate of drug-likeness (QED) is 0.628. The van der Waals surface area contributed by atoms with Gasteiger partial charge in [-0.2, -0.15) is 0 Å². The van der Waals surface area contributed by atoms with Crippen LogP contribution in [0, 0.1) is 0 Å². The summed E-state index contributed by atoms with van der Waals surface area (Å²) in [5.41, 5.74) is 1.82. The molecule has 3 rings (SSSR count). The van der Waals surface area contributed by atoms with Crippen molar-refractivity contribution in [2.75, 3.05) is 0 Å². The maximum atomic E-state index is 11.8. The van der Waals surface area contributed by atoms with Crippen LogP contribution in [0.3, 0.4) is 0 Å². The highest BCUT2D eigenvalue weighted by molar-refractivity contribution is 9.10. The van der Waals surface area contributed by atoms with E-state index in [-0.39, 0.29) is 5.70 Å². The standard InChI is InChI=1S/C15H9BrN2O2/c16-12-6-2-1-5-11(12)14-18-13(15(19)20-14)8-10-4-3-7-17-9-10/h1-9H/b13-8-. The molecule has 0 aliphatic carbocycles. The smallest absolute Gasteiger partial charge is 0.363 e. The molecule has 0 saturated heterocycles. The lowest BCUT2D eigenvalue weighted by atomic mass is 10.2. The van der Waals surface area contributed by atoms with E-state index in [1.54, 1.807) is 24.5 Å². The van der Waals surface area contributed by atoms with Gasteiger partial charge in [0.2, 0.25) is 5.90 Å². The van der Waals surface area contributed by atoms with Crippen LogP contribution in [0.1, 0.15) is 11.1 Å². The fourth-order valence-electron chi connectivity index (χ4n) is 1.78. The Kier molecular flexibility index (Phi) is 3.43. The number of carbonyl (C=O) groups excluding carboxylic acids is 1. The molecule has 2 aromatic rings. The molecule has 0 unspecified atom stereocenters. The van der Waals surface area contributed by atoms with Gasteiger partial charge in [-0.3, -0.25) is 4.98 Å². The zero-order valence-electron chi connectivity index (χ0n) is 10.3. The van der Waals surface area contributed by atoms with E-state index in [4.69, 9.17) is 4.74 Å². The number of hydrogen-bond acceptors (Lipinski definition) is 4. The molecule has 0 spiro atoms. The minimum absolute atomic E-state index is 0.267. The van der Waals surface area contributed by atoms with Crippen LogP contribution < -0.4 is 0 Å². The summed E-state index contributed by atoms with van der Waals surface area (Å²) in [4.78, 5) is 20.1. The Balaban J connectivity index is 1.98. The van der Waals surface area contributed by atoms with Gasteiger partial charge in [0.15, 0.2) is 5.70 Å². The molecule has 0 saturated carbocycles. The van der Waals surface area contributed by atoms with E-state index in [1.807, 2.05) is 30.3 Å². The lowest BCUT2D eigenvalue weighted by Gasteiger charge is -2.01. The Morgan fingerprint density at radius 3 is 2.75 bits per heavy atom. The summed E-state index contributed by atoms with van der Waals surface area (Å²) in [6.45, 7) is 0. The van der Waals surface area contributed by atoms with Crippen molar-refractivity contribution < 1.29 is 9.53 Å². The average molecular weight is 329 g/mol. The summed E-state index contributed by atoms with van der Waals surface area (Å²) < 4.78 is 6.03. The molecule has 1 aliphatic rings. The number of nitrogens with zero attached hydrogens (tertiary/aromatic N) is 2. The number of aromatic nitrogens is 1. The second-order valence-electron chi connectivity index (χ2n) is 4.10. The number of aliphatic imine (C=N–C) groups is 1. The van der Waals surface area contributed by atoms with Crippen molar-refractivity contribution in [3.05, 3.63) is 70.1 Å². The molecule has 0 atom stereocenters. The Morgan fingerprint density at radius 1 is 1.15 bits per heavy atom. The summed E-state index contributed by atoms with van der Waals surface area (Å²) in [7, 11) is 0. The molecular weight excluding hydrogens is 320 g/mol. The van der Waals surface area contributed by atoms with Crippen LogP contribution in [0.15, 0.2) is 64.0 Å². The number of pyridine rings is 1. The van der Waals surface area contributed by atoms with Crippen molar-refractivity contribution in [1.29, 1.82) is 0 Å². The first kappa shape index (κ1) is 12.7. The molecule has 0 amide bonds. The summed E-state index contributed by atoms with van der Waals surface area (Å²) in [5.74, 6) is -0.155. The van der Waals surface area contributed by atoms with Gasteiger partial charge in [-0.1, -0.05) is 18.2 Å². The minimum atomic E-state index is -0.459. The van der Waals surface area contributed by atoms with Crippen molar-refractivity contribution in [3.8, 4) is 0 Å². The summed E-state index contributed by atoms with van der Waals surface area (Å²) >= 11 is 3.41. The van der Waals surface area contributed by atoms with Gasteiger partial charge in [0.1, 0.15) is 0 Å². The first-order valence-electron chi connectivity index (χ1n) is 5.91. The third kappa shape index (κ3) is 2.53. The largest absolute Gasteiger partial charge is 0.402 e. The molecule has 98 valence electrons. The molecular formula is C15H9BrN2O2. The van der Waals surface area contributed by atoms with Gasteiger partial charge in [0.05, 0.1) is 5.56 Å². The number of ether oxygens (including phenoxy) is 1. The molecule has 1 aliphatic heterocycles. The highest BCUT2D eigenvalue weighted by Gasteiger charge is 2.25. The van der Waals surface area contributed by atoms with Crippen LogP contribution in [0.4, 0.5) is 0 Å². The zero-order valence-corrected chi connectivity index (χ0v) is 11.9. The van der Waals surface area contributed by atoms with E-state index in [0.717, 1.165) is 15.6 Å². The normalized spacial score (nSPS) is 16.1. The van der Waals surface area contributed by atoms with Gasteiger partial charge in [0.25, 0.3) is 0 Å². The van der Waals surface area contributed by atoms with Crippen molar-refractivity contribution in [1.82, 2.24) is 4.98 Å². The Bertz CT molecular complexity index is 724. The van der Waals surface area contributed by atoms with Crippen LogP contribution in [-0.2, 0) is 9.53 Å². The van der Waals surface area contributed by atoms with Crippen LogP contribution >= 0.6 is 15.9 Å². The maximum Gasteiger partial charge on any atom is 0.363 e. The minimum Gasteiger partial charge on any atom is -0.402 e. The molecule has 0 bridgehead atoms. The summed E-state index contributed by atoms with van der Waals surface area (Å²) in [5, 5.41) is 0. The van der Waals surface area contributed by atoms with Gasteiger partial charge in [-0.15, -0.1) is 0 Å². The first-order chi connectivity index (χ1) is 9.74. The molecule has 0 fully saturated rings. The van der Waals surface area contributed by atoms with Crippen LogP contribution in [-0.4, -0.2) is 16.9 Å². The molecule has 1 aromatic carbocycles. The molecule has 5 heteroatoms. The predicted molar refractivity (Wildman–Crippen MR) is 79.0 cm³/mol. The van der Waals surface area contributed by atoms with Crippen molar-refractivity contribution in [3.63, 3.8) is 0 Å². The number of halogens is 1. The number of hydrogen-bond donors (Lipinski definition) is 0. The Morgan fingerprint density at radius 2 is 2.00 bits per heavy atom. The summed E-state index contributed by atoms with van der Waals surface area (Å²) in [6.07, 6.45) is 4.98. The van der Waals surface area contributed by atoms with Crippen LogP contribution in [0.2, 0.25) is 0 Å². The molecule has 1 aromatic heterocycles. The molecule has 4 nitrogen and oxygen atoms in total. The fraction of sp³-hybridized carbons (Fsp3) is 0. The van der Waals surface area contributed by atoms with Gasteiger partial charge < -0.3 is 4.74 Å². The van der Waals surface area contributed by atoms with E-state index < -0.39 is 5.97 Å². The van der Waals surface area contributed by atoms with E-state index in [0.29, 0.717) is 5.90 Å². The van der Waals surface area contributed by atoms with E-state index in [1.165, 1.54) is 0 Å².